The molecule has 0 amide bonds. The zero-order valence-corrected chi connectivity index (χ0v) is 26.9. The molecule has 2 fully saturated rings. The molecule has 0 aliphatic heterocycles. The average Bonchev–Trinajstić information content (AvgIpc) is 2.92. The fraction of sp³-hybridized carbons (Fsp3) is 0.657. The van der Waals surface area contributed by atoms with Gasteiger partial charge in [-0.1, -0.05) is 115 Å². The van der Waals surface area contributed by atoms with Crippen molar-refractivity contribution in [2.24, 2.45) is 35.5 Å². The van der Waals surface area contributed by atoms with E-state index in [1.165, 1.54) is 12.8 Å². The Morgan fingerprint density at radius 2 is 1.10 bits per heavy atom. The molecule has 5 heteroatoms. The topological polar surface area (TPSA) is 47.6 Å². The van der Waals surface area contributed by atoms with Gasteiger partial charge in [0.25, 0.3) is 0 Å². The van der Waals surface area contributed by atoms with Gasteiger partial charge in [-0.3, -0.25) is 9.88 Å². The lowest BCUT2D eigenvalue weighted by molar-refractivity contribution is -0.00718. The minimum absolute atomic E-state index is 0.0238. The Labute approximate surface area is 244 Å². The van der Waals surface area contributed by atoms with Gasteiger partial charge in [0.15, 0.2) is 0 Å². The highest BCUT2D eigenvalue weighted by Crippen LogP contribution is 2.64. The highest BCUT2D eigenvalue weighted by Gasteiger charge is 2.47. The summed E-state index contributed by atoms with van der Waals surface area (Å²) in [7, 11) is -3.68. The molecule has 4 rings (SSSR count). The Morgan fingerprint density at radius 1 is 0.675 bits per heavy atom. The second-order valence-electron chi connectivity index (χ2n) is 13.6. The number of hydrogen-bond donors (Lipinski definition) is 1. The smallest absolute Gasteiger partial charge is 0.304 e. The predicted molar refractivity (Wildman–Crippen MR) is 167 cm³/mol. The van der Waals surface area contributed by atoms with E-state index in [0.717, 1.165) is 36.8 Å². The minimum Gasteiger partial charge on any atom is -0.304 e. The van der Waals surface area contributed by atoms with Gasteiger partial charge >= 0.3 is 7.60 Å². The Bertz CT molecular complexity index is 1040. The second-order valence-corrected chi connectivity index (χ2v) is 15.6. The molecule has 40 heavy (non-hydrogen) atoms. The first-order chi connectivity index (χ1) is 19.1. The van der Waals surface area contributed by atoms with Crippen LogP contribution in [0.4, 0.5) is 0 Å². The molecule has 2 aliphatic carbocycles. The molecule has 2 aliphatic rings. The Balaban J connectivity index is 1.76. The van der Waals surface area contributed by atoms with Crippen LogP contribution in [0.25, 0.3) is 0 Å². The summed E-state index contributed by atoms with van der Waals surface area (Å²) < 4.78 is 29.7. The van der Waals surface area contributed by atoms with Crippen molar-refractivity contribution in [2.75, 3.05) is 0 Å². The van der Waals surface area contributed by atoms with Crippen LogP contribution in [0.3, 0.4) is 0 Å². The molecule has 8 atom stereocenters. The summed E-state index contributed by atoms with van der Waals surface area (Å²) in [5, 5.41) is 3.77. The van der Waals surface area contributed by atoms with Crippen molar-refractivity contribution in [3.8, 4) is 0 Å². The summed E-state index contributed by atoms with van der Waals surface area (Å²) in [5.74, 6) is 2.24. The molecule has 2 saturated carbocycles. The number of nitrogens with one attached hydrogen (secondary N) is 1. The van der Waals surface area contributed by atoms with Crippen molar-refractivity contribution in [2.45, 2.75) is 111 Å². The monoisotopic (exact) mass is 567 g/mol. The molecule has 1 N–H and O–H groups in total. The third-order valence-electron chi connectivity index (χ3n) is 9.63. The maximum atomic E-state index is 15.7. The van der Waals surface area contributed by atoms with Crippen molar-refractivity contribution in [1.82, 2.24) is 5.32 Å². The third kappa shape index (κ3) is 7.88. The largest absolute Gasteiger partial charge is 0.352 e. The van der Waals surface area contributed by atoms with Gasteiger partial charge in [-0.05, 0) is 79.2 Å². The maximum absolute atomic E-state index is 15.7. The van der Waals surface area contributed by atoms with Crippen LogP contribution in [0.5, 0.6) is 0 Å². The highest BCUT2D eigenvalue weighted by molar-refractivity contribution is 7.54. The van der Waals surface area contributed by atoms with Crippen LogP contribution in [-0.2, 0) is 13.6 Å². The van der Waals surface area contributed by atoms with E-state index in [1.54, 1.807) is 0 Å². The van der Waals surface area contributed by atoms with E-state index in [9.17, 15) is 0 Å². The first-order valence-electron chi connectivity index (χ1n) is 15.9. The lowest BCUT2D eigenvalue weighted by Gasteiger charge is -2.44. The van der Waals surface area contributed by atoms with Gasteiger partial charge in [-0.15, -0.1) is 0 Å². The van der Waals surface area contributed by atoms with Gasteiger partial charge in [0.2, 0.25) is 0 Å². The van der Waals surface area contributed by atoms with E-state index in [1.807, 2.05) is 24.3 Å². The Hall–Kier alpha value is -1.45. The first kappa shape index (κ1) is 31.5. The van der Waals surface area contributed by atoms with E-state index in [0.29, 0.717) is 35.5 Å². The summed E-state index contributed by atoms with van der Waals surface area (Å²) in [6.45, 7) is 15.9. The van der Waals surface area contributed by atoms with Gasteiger partial charge in [-0.25, -0.2) is 0 Å². The molecule has 2 aromatic rings. The minimum atomic E-state index is -3.68. The SMILES string of the molecule is CC(C)[C@H]1CC[C@@H](C)C[C@H]1OP(=O)(O[C@@H]1C[C@H](C)CC[C@@H]1C(C)C)[C@@H](N[C@@H](C)c1ccccc1)c1ccccc1. The summed E-state index contributed by atoms with van der Waals surface area (Å²) >= 11 is 0. The van der Waals surface area contributed by atoms with Crippen LogP contribution in [0.2, 0.25) is 0 Å². The standard InChI is InChI=1S/C35H54NO3P/c1-24(2)31-20-18-26(5)22-33(31)38-40(37,39-34-23-27(6)19-21-32(34)25(3)4)35(30-16-12-9-13-17-30)36-28(7)29-14-10-8-11-15-29/h8-17,24-28,31-36H,18-23H2,1-7H3/t26-,27-,28+,31-,32-,33-,34-,35-/m1/s1. The van der Waals surface area contributed by atoms with Crippen molar-refractivity contribution < 1.29 is 13.6 Å². The van der Waals surface area contributed by atoms with Gasteiger partial charge in [0, 0.05) is 6.04 Å². The molecule has 4 nitrogen and oxygen atoms in total. The molecule has 0 saturated heterocycles. The normalized spacial score (nSPS) is 29.4. The molecular formula is C35H54NO3P. The summed E-state index contributed by atoms with van der Waals surface area (Å²) in [5.41, 5.74) is 2.12. The maximum Gasteiger partial charge on any atom is 0.352 e. The lowest BCUT2D eigenvalue weighted by Crippen LogP contribution is -2.38. The average molecular weight is 568 g/mol. The van der Waals surface area contributed by atoms with Gasteiger partial charge < -0.3 is 9.05 Å². The van der Waals surface area contributed by atoms with Crippen LogP contribution in [0.15, 0.2) is 60.7 Å². The van der Waals surface area contributed by atoms with Gasteiger partial charge in [0.1, 0.15) is 5.78 Å². The number of benzene rings is 2. The van der Waals surface area contributed by atoms with Crippen LogP contribution < -0.4 is 5.32 Å². The fourth-order valence-electron chi connectivity index (χ4n) is 7.08. The van der Waals surface area contributed by atoms with Crippen LogP contribution in [0, 0.1) is 35.5 Å². The molecule has 0 radical (unpaired) electrons. The zero-order chi connectivity index (χ0) is 28.9. The summed E-state index contributed by atoms with van der Waals surface area (Å²) in [4.78, 5) is 0. The van der Waals surface area contributed by atoms with Crippen molar-refractivity contribution >= 4 is 7.60 Å². The Kier molecular flexibility index (Phi) is 11.1. The second kappa shape index (κ2) is 14.1. The van der Waals surface area contributed by atoms with Crippen molar-refractivity contribution in [3.63, 3.8) is 0 Å². The molecular weight excluding hydrogens is 513 g/mol. The Morgan fingerprint density at radius 3 is 1.52 bits per heavy atom. The zero-order valence-electron chi connectivity index (χ0n) is 26.0. The number of rotatable bonds is 11. The molecule has 0 unspecified atom stereocenters. The summed E-state index contributed by atoms with van der Waals surface area (Å²) in [6, 6.07) is 20.6. The van der Waals surface area contributed by atoms with Gasteiger partial charge in [-0.2, -0.15) is 0 Å². The molecule has 2 aromatic carbocycles. The van der Waals surface area contributed by atoms with Crippen LogP contribution in [0.1, 0.15) is 110 Å². The third-order valence-corrected chi connectivity index (χ3v) is 11.8. The predicted octanol–water partition coefficient (Wildman–Crippen LogP) is 10.2. The van der Waals surface area contributed by atoms with Gasteiger partial charge in [0.05, 0.1) is 12.2 Å². The molecule has 0 heterocycles. The first-order valence-corrected chi connectivity index (χ1v) is 17.5. The van der Waals surface area contributed by atoms with Crippen molar-refractivity contribution in [1.29, 1.82) is 0 Å². The molecule has 0 aromatic heterocycles. The van der Waals surface area contributed by atoms with E-state index in [2.05, 4.69) is 90.2 Å². The van der Waals surface area contributed by atoms with Crippen LogP contribution >= 0.6 is 7.60 Å². The van der Waals surface area contributed by atoms with Crippen molar-refractivity contribution in [3.05, 3.63) is 71.8 Å². The summed E-state index contributed by atoms with van der Waals surface area (Å²) in [6.07, 6.45) is 6.34. The lowest BCUT2D eigenvalue weighted by atomic mass is 9.75. The highest BCUT2D eigenvalue weighted by atomic mass is 31.2. The number of hydrogen-bond acceptors (Lipinski definition) is 4. The molecule has 222 valence electrons. The quantitative estimate of drug-likeness (QED) is 0.274. The van der Waals surface area contributed by atoms with E-state index in [4.69, 9.17) is 9.05 Å². The van der Waals surface area contributed by atoms with E-state index >= 15 is 4.57 Å². The van der Waals surface area contributed by atoms with E-state index < -0.39 is 13.4 Å². The van der Waals surface area contributed by atoms with Crippen LogP contribution in [-0.4, -0.2) is 12.2 Å². The van der Waals surface area contributed by atoms with E-state index in [-0.39, 0.29) is 18.2 Å². The fourth-order valence-corrected chi connectivity index (χ4v) is 9.55. The molecule has 0 spiro atoms. The molecule has 0 bridgehead atoms.